The van der Waals surface area contributed by atoms with Crippen molar-refractivity contribution in [3.05, 3.63) is 64.7 Å². The third kappa shape index (κ3) is 4.49. The van der Waals surface area contributed by atoms with Crippen LogP contribution >= 0.6 is 11.6 Å². The van der Waals surface area contributed by atoms with Crippen LogP contribution in [0.1, 0.15) is 15.9 Å². The largest absolute Gasteiger partial charge is 0.497 e. The van der Waals surface area contributed by atoms with E-state index in [-0.39, 0.29) is 12.3 Å². The molecule has 2 aromatic rings. The molecule has 2 N–H and O–H groups in total. The van der Waals surface area contributed by atoms with Crippen LogP contribution < -0.4 is 15.6 Å². The molecule has 0 atom stereocenters. The standard InChI is InChI=1S/C16H15ClN2O3/c1-22-14-7-5-11(6-8-14)9-15(20)18-19-16(21)12-3-2-4-13(17)10-12/h2-8,10H,9H2,1H3,(H,18,20)(H,19,21). The van der Waals surface area contributed by atoms with Crippen molar-refractivity contribution in [1.29, 1.82) is 0 Å². The van der Waals surface area contributed by atoms with Gasteiger partial charge in [-0.3, -0.25) is 20.4 Å². The quantitative estimate of drug-likeness (QED) is 0.850. The second kappa shape index (κ2) is 7.47. The van der Waals surface area contributed by atoms with Crippen LogP contribution in [-0.2, 0) is 11.2 Å². The molecule has 0 spiro atoms. The van der Waals surface area contributed by atoms with E-state index < -0.39 is 5.91 Å². The first kappa shape index (κ1) is 15.9. The Labute approximate surface area is 133 Å². The number of nitrogens with one attached hydrogen (secondary N) is 2. The van der Waals surface area contributed by atoms with Crippen molar-refractivity contribution in [3.63, 3.8) is 0 Å². The molecule has 0 fully saturated rings. The van der Waals surface area contributed by atoms with Gasteiger partial charge in [-0.05, 0) is 35.9 Å². The SMILES string of the molecule is COc1ccc(CC(=O)NNC(=O)c2cccc(Cl)c2)cc1. The predicted octanol–water partition coefficient (Wildman–Crippen LogP) is 2.35. The number of carbonyl (C=O) groups is 2. The Morgan fingerprint density at radius 1 is 1.09 bits per heavy atom. The molecule has 0 aromatic heterocycles. The summed E-state index contributed by atoms with van der Waals surface area (Å²) < 4.78 is 5.04. The van der Waals surface area contributed by atoms with Crippen molar-refractivity contribution in [1.82, 2.24) is 10.9 Å². The van der Waals surface area contributed by atoms with Gasteiger partial charge in [0.2, 0.25) is 5.91 Å². The van der Waals surface area contributed by atoms with E-state index >= 15 is 0 Å². The van der Waals surface area contributed by atoms with Crippen molar-refractivity contribution in [2.75, 3.05) is 7.11 Å². The molecule has 2 aromatic carbocycles. The topological polar surface area (TPSA) is 67.4 Å². The van der Waals surface area contributed by atoms with E-state index in [9.17, 15) is 9.59 Å². The Hall–Kier alpha value is -2.53. The number of halogens is 1. The summed E-state index contributed by atoms with van der Waals surface area (Å²) in [5, 5.41) is 0.456. The molecule has 0 aliphatic heterocycles. The van der Waals surface area contributed by atoms with Gasteiger partial charge in [0.25, 0.3) is 5.91 Å². The second-order valence-corrected chi connectivity index (χ2v) is 4.97. The molecular formula is C16H15ClN2O3. The molecule has 0 radical (unpaired) electrons. The van der Waals surface area contributed by atoms with Gasteiger partial charge >= 0.3 is 0 Å². The minimum atomic E-state index is -0.425. The minimum absolute atomic E-state index is 0.153. The molecule has 114 valence electrons. The molecule has 6 heteroatoms. The van der Waals surface area contributed by atoms with E-state index in [0.717, 1.165) is 11.3 Å². The molecular weight excluding hydrogens is 304 g/mol. The van der Waals surface area contributed by atoms with Crippen LogP contribution in [-0.4, -0.2) is 18.9 Å². The van der Waals surface area contributed by atoms with Gasteiger partial charge in [0.15, 0.2) is 0 Å². The van der Waals surface area contributed by atoms with E-state index in [0.29, 0.717) is 10.6 Å². The number of rotatable bonds is 4. The van der Waals surface area contributed by atoms with Gasteiger partial charge in [-0.25, -0.2) is 0 Å². The maximum absolute atomic E-state index is 11.8. The Kier molecular flexibility index (Phi) is 5.38. The average Bonchev–Trinajstić information content (AvgIpc) is 2.53. The van der Waals surface area contributed by atoms with Crippen LogP contribution in [0.25, 0.3) is 0 Å². The highest BCUT2D eigenvalue weighted by Crippen LogP contribution is 2.12. The molecule has 0 saturated heterocycles. The van der Waals surface area contributed by atoms with Crippen LogP contribution in [0.2, 0.25) is 5.02 Å². The summed E-state index contributed by atoms with van der Waals surface area (Å²) in [4.78, 5) is 23.6. The smallest absolute Gasteiger partial charge is 0.269 e. The van der Waals surface area contributed by atoms with Gasteiger partial charge in [-0.15, -0.1) is 0 Å². The monoisotopic (exact) mass is 318 g/mol. The van der Waals surface area contributed by atoms with Gasteiger partial charge in [-0.2, -0.15) is 0 Å². The van der Waals surface area contributed by atoms with E-state index in [2.05, 4.69) is 10.9 Å². The summed E-state index contributed by atoms with van der Waals surface area (Å²) in [6.45, 7) is 0. The zero-order valence-electron chi connectivity index (χ0n) is 11.9. The van der Waals surface area contributed by atoms with E-state index in [4.69, 9.17) is 16.3 Å². The predicted molar refractivity (Wildman–Crippen MR) is 83.8 cm³/mol. The number of hydrogen-bond donors (Lipinski definition) is 2. The van der Waals surface area contributed by atoms with Crippen molar-refractivity contribution in [3.8, 4) is 5.75 Å². The van der Waals surface area contributed by atoms with Gasteiger partial charge < -0.3 is 4.74 Å². The first-order chi connectivity index (χ1) is 10.6. The molecule has 0 heterocycles. The molecule has 22 heavy (non-hydrogen) atoms. The lowest BCUT2D eigenvalue weighted by atomic mass is 10.1. The number of ether oxygens (including phenoxy) is 1. The van der Waals surface area contributed by atoms with Crippen molar-refractivity contribution < 1.29 is 14.3 Å². The summed E-state index contributed by atoms with van der Waals surface area (Å²) in [7, 11) is 1.58. The average molecular weight is 319 g/mol. The number of hydrazine groups is 1. The van der Waals surface area contributed by atoms with Crippen LogP contribution in [0.3, 0.4) is 0 Å². The summed E-state index contributed by atoms with van der Waals surface area (Å²) in [5.41, 5.74) is 5.90. The molecule has 0 unspecified atom stereocenters. The fourth-order valence-corrected chi connectivity index (χ4v) is 1.99. The maximum Gasteiger partial charge on any atom is 0.269 e. The molecule has 0 saturated carbocycles. The number of methoxy groups -OCH3 is 1. The third-order valence-electron chi connectivity index (χ3n) is 2.93. The van der Waals surface area contributed by atoms with Gasteiger partial charge in [0.1, 0.15) is 5.75 Å². The van der Waals surface area contributed by atoms with E-state index in [1.165, 1.54) is 6.07 Å². The molecule has 2 rings (SSSR count). The highest BCUT2D eigenvalue weighted by molar-refractivity contribution is 6.30. The van der Waals surface area contributed by atoms with Crippen molar-refractivity contribution >= 4 is 23.4 Å². The summed E-state index contributed by atoms with van der Waals surface area (Å²) >= 11 is 5.81. The highest BCUT2D eigenvalue weighted by Gasteiger charge is 2.08. The number of amides is 2. The van der Waals surface area contributed by atoms with Crippen molar-refractivity contribution in [2.45, 2.75) is 6.42 Å². The third-order valence-corrected chi connectivity index (χ3v) is 3.16. The maximum atomic E-state index is 11.8. The Balaban J connectivity index is 1.85. The lowest BCUT2D eigenvalue weighted by Gasteiger charge is -2.08. The first-order valence-electron chi connectivity index (χ1n) is 6.56. The second-order valence-electron chi connectivity index (χ2n) is 4.54. The fourth-order valence-electron chi connectivity index (χ4n) is 1.80. The zero-order valence-corrected chi connectivity index (χ0v) is 12.7. The molecule has 0 aliphatic carbocycles. The lowest BCUT2D eigenvalue weighted by Crippen LogP contribution is -2.42. The summed E-state index contributed by atoms with van der Waals surface area (Å²) in [6, 6.07) is 13.6. The molecule has 0 aliphatic rings. The highest BCUT2D eigenvalue weighted by atomic mass is 35.5. The Bertz CT molecular complexity index is 671. The summed E-state index contributed by atoms with van der Waals surface area (Å²) in [5.74, 6) is -0.0236. The number of carbonyl (C=O) groups excluding carboxylic acids is 2. The van der Waals surface area contributed by atoms with E-state index in [1.807, 2.05) is 0 Å². The number of benzene rings is 2. The van der Waals surface area contributed by atoms with Gasteiger partial charge in [0.05, 0.1) is 13.5 Å². The van der Waals surface area contributed by atoms with Gasteiger partial charge in [0, 0.05) is 10.6 Å². The minimum Gasteiger partial charge on any atom is -0.497 e. The Morgan fingerprint density at radius 3 is 2.45 bits per heavy atom. The Morgan fingerprint density at radius 2 is 1.82 bits per heavy atom. The van der Waals surface area contributed by atoms with Crippen molar-refractivity contribution in [2.24, 2.45) is 0 Å². The fraction of sp³-hybridized carbons (Fsp3) is 0.125. The zero-order chi connectivity index (χ0) is 15.9. The molecule has 2 amide bonds. The van der Waals surface area contributed by atoms with Gasteiger partial charge in [-0.1, -0.05) is 29.8 Å². The van der Waals surface area contributed by atoms with Crippen LogP contribution in [0, 0.1) is 0 Å². The molecule has 5 nitrogen and oxygen atoms in total. The van der Waals surface area contributed by atoms with Crippen LogP contribution in [0.4, 0.5) is 0 Å². The lowest BCUT2D eigenvalue weighted by molar-refractivity contribution is -0.121. The molecule has 0 bridgehead atoms. The normalized spacial score (nSPS) is 9.91. The van der Waals surface area contributed by atoms with Crippen LogP contribution in [0.5, 0.6) is 5.75 Å². The van der Waals surface area contributed by atoms with Crippen LogP contribution in [0.15, 0.2) is 48.5 Å². The van der Waals surface area contributed by atoms with E-state index in [1.54, 1.807) is 49.6 Å². The number of hydrogen-bond acceptors (Lipinski definition) is 3. The first-order valence-corrected chi connectivity index (χ1v) is 6.94. The summed E-state index contributed by atoms with van der Waals surface area (Å²) in [6.07, 6.45) is 0.153.